The van der Waals surface area contributed by atoms with Gasteiger partial charge in [-0.15, -0.1) is 0 Å². The number of nitrogens with zero attached hydrogens (tertiary/aromatic N) is 2. The molecule has 1 N–H and O–H groups in total. The molecule has 0 aromatic carbocycles. The van der Waals surface area contributed by atoms with Crippen LogP contribution in [0.2, 0.25) is 0 Å². The summed E-state index contributed by atoms with van der Waals surface area (Å²) in [7, 11) is 0. The van der Waals surface area contributed by atoms with Gasteiger partial charge in [0.2, 0.25) is 5.91 Å². The van der Waals surface area contributed by atoms with Crippen LogP contribution in [0.1, 0.15) is 24.8 Å². The Balaban J connectivity index is 1.84. The Labute approximate surface area is 111 Å². The molecule has 1 aliphatic rings. The highest BCUT2D eigenvalue weighted by Crippen LogP contribution is 2.25. The number of aromatic nitrogens is 1. The fourth-order valence-corrected chi connectivity index (χ4v) is 3.14. The number of hydrogen-bond donors (Lipinski definition) is 1. The SMILES string of the molecule is N#Cc1ccc(NC(=O)CC2CCSCC2)nc1. The maximum atomic E-state index is 11.8. The number of carbonyl (C=O) groups is 1. The summed E-state index contributed by atoms with van der Waals surface area (Å²) >= 11 is 1.96. The van der Waals surface area contributed by atoms with Gasteiger partial charge in [0.1, 0.15) is 11.9 Å². The van der Waals surface area contributed by atoms with Gasteiger partial charge in [0.05, 0.1) is 5.56 Å². The van der Waals surface area contributed by atoms with Crippen molar-refractivity contribution in [3.8, 4) is 6.07 Å². The van der Waals surface area contributed by atoms with E-state index in [-0.39, 0.29) is 5.91 Å². The summed E-state index contributed by atoms with van der Waals surface area (Å²) in [5.41, 5.74) is 0.498. The molecule has 0 spiro atoms. The van der Waals surface area contributed by atoms with Crippen LogP contribution in [0.25, 0.3) is 0 Å². The quantitative estimate of drug-likeness (QED) is 0.907. The van der Waals surface area contributed by atoms with Crippen molar-refractivity contribution in [3.05, 3.63) is 23.9 Å². The van der Waals surface area contributed by atoms with E-state index in [4.69, 9.17) is 5.26 Å². The molecule has 2 heterocycles. The zero-order chi connectivity index (χ0) is 12.8. The topological polar surface area (TPSA) is 65.8 Å². The fraction of sp³-hybridized carbons (Fsp3) is 0.462. The average molecular weight is 261 g/mol. The zero-order valence-corrected chi connectivity index (χ0v) is 10.9. The Kier molecular flexibility index (Phi) is 4.59. The lowest BCUT2D eigenvalue weighted by Gasteiger charge is -2.20. The van der Waals surface area contributed by atoms with Gasteiger partial charge >= 0.3 is 0 Å². The molecule has 0 saturated carbocycles. The van der Waals surface area contributed by atoms with Crippen LogP contribution >= 0.6 is 11.8 Å². The molecule has 18 heavy (non-hydrogen) atoms. The Bertz CT molecular complexity index is 446. The van der Waals surface area contributed by atoms with Gasteiger partial charge in [-0.2, -0.15) is 17.0 Å². The van der Waals surface area contributed by atoms with Crippen molar-refractivity contribution < 1.29 is 4.79 Å². The Morgan fingerprint density at radius 3 is 2.89 bits per heavy atom. The predicted octanol–water partition coefficient (Wildman–Crippen LogP) is 2.43. The molecule has 4 nitrogen and oxygen atoms in total. The normalized spacial score (nSPS) is 15.9. The van der Waals surface area contributed by atoms with Crippen LogP contribution < -0.4 is 5.32 Å². The van der Waals surface area contributed by atoms with E-state index in [0.717, 1.165) is 24.3 Å². The zero-order valence-electron chi connectivity index (χ0n) is 10.1. The number of nitriles is 1. The summed E-state index contributed by atoms with van der Waals surface area (Å²) in [5, 5.41) is 11.4. The van der Waals surface area contributed by atoms with Gasteiger partial charge in [0.25, 0.3) is 0 Å². The first-order chi connectivity index (χ1) is 8.78. The van der Waals surface area contributed by atoms with Crippen molar-refractivity contribution in [2.45, 2.75) is 19.3 Å². The summed E-state index contributed by atoms with van der Waals surface area (Å²) in [5.74, 6) is 3.36. The second kappa shape index (κ2) is 6.41. The van der Waals surface area contributed by atoms with E-state index in [1.165, 1.54) is 6.20 Å². The van der Waals surface area contributed by atoms with Crippen molar-refractivity contribution in [1.29, 1.82) is 5.26 Å². The summed E-state index contributed by atoms with van der Waals surface area (Å²) in [4.78, 5) is 15.8. The van der Waals surface area contributed by atoms with Crippen molar-refractivity contribution in [1.82, 2.24) is 4.98 Å². The van der Waals surface area contributed by atoms with E-state index in [0.29, 0.717) is 23.7 Å². The Morgan fingerprint density at radius 2 is 2.28 bits per heavy atom. The lowest BCUT2D eigenvalue weighted by atomic mass is 9.98. The minimum atomic E-state index is 0.0177. The Morgan fingerprint density at radius 1 is 1.50 bits per heavy atom. The third-order valence-electron chi connectivity index (χ3n) is 2.98. The summed E-state index contributed by atoms with van der Waals surface area (Å²) in [6, 6.07) is 5.31. The first-order valence-corrected chi connectivity index (χ1v) is 7.17. The highest BCUT2D eigenvalue weighted by molar-refractivity contribution is 7.99. The van der Waals surface area contributed by atoms with E-state index in [1.807, 2.05) is 17.8 Å². The van der Waals surface area contributed by atoms with E-state index in [9.17, 15) is 4.79 Å². The van der Waals surface area contributed by atoms with Crippen molar-refractivity contribution in [3.63, 3.8) is 0 Å². The molecule has 1 aromatic rings. The monoisotopic (exact) mass is 261 g/mol. The summed E-state index contributed by atoms with van der Waals surface area (Å²) < 4.78 is 0. The smallest absolute Gasteiger partial charge is 0.225 e. The van der Waals surface area contributed by atoms with Crippen molar-refractivity contribution >= 4 is 23.5 Å². The molecule has 1 aliphatic heterocycles. The maximum absolute atomic E-state index is 11.8. The molecule has 2 rings (SSSR count). The standard InChI is InChI=1S/C13H15N3OS/c14-8-11-1-2-12(15-9-11)16-13(17)7-10-3-5-18-6-4-10/h1-2,9-10H,3-7H2,(H,15,16,17). The second-order valence-electron chi connectivity index (χ2n) is 4.35. The van der Waals surface area contributed by atoms with Crippen LogP contribution in [0.15, 0.2) is 18.3 Å². The molecule has 1 aromatic heterocycles. The lowest BCUT2D eigenvalue weighted by Crippen LogP contribution is -2.20. The highest BCUT2D eigenvalue weighted by Gasteiger charge is 2.17. The third-order valence-corrected chi connectivity index (χ3v) is 4.02. The molecule has 0 unspecified atom stereocenters. The molecule has 0 radical (unpaired) electrons. The van der Waals surface area contributed by atoms with Crippen LogP contribution in [-0.2, 0) is 4.79 Å². The van der Waals surface area contributed by atoms with Gasteiger partial charge in [-0.25, -0.2) is 4.98 Å². The molecule has 1 saturated heterocycles. The van der Waals surface area contributed by atoms with Crippen LogP contribution in [0.3, 0.4) is 0 Å². The van der Waals surface area contributed by atoms with Gasteiger partial charge in [-0.1, -0.05) is 0 Å². The molecule has 0 aliphatic carbocycles. The molecular weight excluding hydrogens is 246 g/mol. The van der Waals surface area contributed by atoms with Crippen LogP contribution in [0.4, 0.5) is 5.82 Å². The van der Waals surface area contributed by atoms with Gasteiger partial charge in [-0.3, -0.25) is 4.79 Å². The van der Waals surface area contributed by atoms with E-state index in [2.05, 4.69) is 10.3 Å². The highest BCUT2D eigenvalue weighted by atomic mass is 32.2. The summed E-state index contributed by atoms with van der Waals surface area (Å²) in [6.45, 7) is 0. The van der Waals surface area contributed by atoms with Crippen molar-refractivity contribution in [2.75, 3.05) is 16.8 Å². The number of carbonyl (C=O) groups excluding carboxylic acids is 1. The lowest BCUT2D eigenvalue weighted by molar-refractivity contribution is -0.117. The van der Waals surface area contributed by atoms with E-state index in [1.54, 1.807) is 12.1 Å². The number of rotatable bonds is 3. The molecule has 0 bridgehead atoms. The summed E-state index contributed by atoms with van der Waals surface area (Å²) in [6.07, 6.45) is 4.28. The van der Waals surface area contributed by atoms with Gasteiger partial charge < -0.3 is 5.32 Å². The van der Waals surface area contributed by atoms with Crippen LogP contribution in [0, 0.1) is 17.2 Å². The molecule has 0 atom stereocenters. The number of anilines is 1. The number of amides is 1. The Hall–Kier alpha value is -1.54. The molecular formula is C13H15N3OS. The fourth-order valence-electron chi connectivity index (χ4n) is 1.94. The largest absolute Gasteiger partial charge is 0.311 e. The van der Waals surface area contributed by atoms with E-state index < -0.39 is 0 Å². The van der Waals surface area contributed by atoms with Crippen LogP contribution in [-0.4, -0.2) is 22.4 Å². The van der Waals surface area contributed by atoms with Crippen molar-refractivity contribution in [2.24, 2.45) is 5.92 Å². The van der Waals surface area contributed by atoms with Gasteiger partial charge in [-0.05, 0) is 42.4 Å². The second-order valence-corrected chi connectivity index (χ2v) is 5.58. The predicted molar refractivity (Wildman–Crippen MR) is 72.2 cm³/mol. The van der Waals surface area contributed by atoms with Gasteiger partial charge in [0.15, 0.2) is 0 Å². The maximum Gasteiger partial charge on any atom is 0.225 e. The number of thioether (sulfide) groups is 1. The number of hydrogen-bond acceptors (Lipinski definition) is 4. The minimum Gasteiger partial charge on any atom is -0.311 e. The molecule has 94 valence electrons. The molecule has 1 fully saturated rings. The molecule has 5 heteroatoms. The molecule has 1 amide bonds. The van der Waals surface area contributed by atoms with E-state index >= 15 is 0 Å². The first-order valence-electron chi connectivity index (χ1n) is 6.01. The number of nitrogens with one attached hydrogen (secondary N) is 1. The average Bonchev–Trinajstić information content (AvgIpc) is 2.40. The first kappa shape index (κ1) is 12.9. The number of pyridine rings is 1. The third kappa shape index (κ3) is 3.74. The minimum absolute atomic E-state index is 0.0177. The van der Waals surface area contributed by atoms with Gasteiger partial charge in [0, 0.05) is 12.6 Å². The van der Waals surface area contributed by atoms with Crippen LogP contribution in [0.5, 0.6) is 0 Å².